The van der Waals surface area contributed by atoms with Crippen LogP contribution in [0, 0.1) is 11.8 Å². The highest BCUT2D eigenvalue weighted by Crippen LogP contribution is 2.51. The number of hydrogen-bond donors (Lipinski definition) is 2. The van der Waals surface area contributed by atoms with Crippen LogP contribution in [-0.2, 0) is 6.54 Å². The predicted molar refractivity (Wildman–Crippen MR) is 117 cm³/mol. The summed E-state index contributed by atoms with van der Waals surface area (Å²) in [5, 5.41) is 11.5. The van der Waals surface area contributed by atoms with Gasteiger partial charge in [0.05, 0.1) is 23.2 Å². The van der Waals surface area contributed by atoms with E-state index in [-0.39, 0.29) is 5.92 Å². The number of H-pyrrole nitrogens is 1. The van der Waals surface area contributed by atoms with Crippen molar-refractivity contribution in [1.29, 1.82) is 0 Å². The van der Waals surface area contributed by atoms with Crippen molar-refractivity contribution in [3.05, 3.63) is 72.1 Å². The molecule has 2 aromatic carbocycles. The third-order valence-corrected chi connectivity index (χ3v) is 6.83. The number of imidazole rings is 1. The molecule has 4 nitrogen and oxygen atoms in total. The molecular weight excluding hydrogens is 358 g/mol. The SMILES string of the molecule is CN(CCC1(O)C[C@H]2CCC1C=C2c1ccccc1)Cc1nc2ccccc2[nH]1. The van der Waals surface area contributed by atoms with Crippen LogP contribution in [0.1, 0.15) is 37.1 Å². The van der Waals surface area contributed by atoms with E-state index in [1.807, 2.05) is 18.2 Å². The largest absolute Gasteiger partial charge is 0.389 e. The summed E-state index contributed by atoms with van der Waals surface area (Å²) in [6.07, 6.45) is 6.36. The van der Waals surface area contributed by atoms with Gasteiger partial charge in [-0.2, -0.15) is 0 Å². The zero-order chi connectivity index (χ0) is 19.8. The second kappa shape index (κ2) is 7.43. The Balaban J connectivity index is 1.24. The van der Waals surface area contributed by atoms with E-state index in [2.05, 4.69) is 64.4 Å². The highest BCUT2D eigenvalue weighted by molar-refractivity contribution is 5.74. The van der Waals surface area contributed by atoms with E-state index in [4.69, 9.17) is 0 Å². The Morgan fingerprint density at radius 2 is 1.90 bits per heavy atom. The number of nitrogens with zero attached hydrogens (tertiary/aromatic N) is 2. The lowest BCUT2D eigenvalue weighted by molar-refractivity contribution is -0.0578. The van der Waals surface area contributed by atoms with Crippen LogP contribution >= 0.6 is 0 Å². The molecule has 0 radical (unpaired) electrons. The van der Waals surface area contributed by atoms with Crippen LogP contribution in [0.5, 0.6) is 0 Å². The molecule has 2 bridgehead atoms. The summed E-state index contributed by atoms with van der Waals surface area (Å²) in [5.74, 6) is 1.73. The molecule has 2 N–H and O–H groups in total. The molecule has 3 aromatic rings. The van der Waals surface area contributed by atoms with Crippen LogP contribution in [-0.4, -0.2) is 39.2 Å². The maximum absolute atomic E-state index is 11.5. The lowest BCUT2D eigenvalue weighted by atomic mass is 9.61. The number of aliphatic hydroxyl groups is 1. The molecule has 3 aliphatic rings. The van der Waals surface area contributed by atoms with Gasteiger partial charge >= 0.3 is 0 Å². The van der Waals surface area contributed by atoms with E-state index in [1.165, 1.54) is 17.6 Å². The molecule has 1 heterocycles. The van der Waals surface area contributed by atoms with Crippen LogP contribution in [0.3, 0.4) is 0 Å². The zero-order valence-corrected chi connectivity index (χ0v) is 17.0. The molecule has 1 aromatic heterocycles. The Morgan fingerprint density at radius 1 is 1.10 bits per heavy atom. The molecule has 29 heavy (non-hydrogen) atoms. The third kappa shape index (κ3) is 3.63. The lowest BCUT2D eigenvalue weighted by Crippen LogP contribution is -2.47. The van der Waals surface area contributed by atoms with Gasteiger partial charge in [0.2, 0.25) is 0 Å². The maximum atomic E-state index is 11.5. The number of aromatic amines is 1. The van der Waals surface area contributed by atoms with Crippen molar-refractivity contribution in [2.75, 3.05) is 13.6 Å². The lowest BCUT2D eigenvalue weighted by Gasteiger charge is -2.48. The first-order valence-corrected chi connectivity index (χ1v) is 10.7. The molecule has 0 saturated heterocycles. The highest BCUT2D eigenvalue weighted by atomic mass is 16.3. The number of allylic oxidation sites excluding steroid dienone is 1. The zero-order valence-electron chi connectivity index (χ0n) is 17.0. The van der Waals surface area contributed by atoms with Gasteiger partial charge in [-0.3, -0.25) is 4.90 Å². The smallest absolute Gasteiger partial charge is 0.121 e. The van der Waals surface area contributed by atoms with Crippen LogP contribution in [0.15, 0.2) is 60.7 Å². The minimum Gasteiger partial charge on any atom is -0.389 e. The number of rotatable bonds is 6. The fourth-order valence-electron chi connectivity index (χ4n) is 5.24. The monoisotopic (exact) mass is 387 g/mol. The van der Waals surface area contributed by atoms with Gasteiger partial charge in [-0.25, -0.2) is 4.98 Å². The normalized spacial score (nSPS) is 26.2. The Kier molecular flexibility index (Phi) is 4.76. The van der Waals surface area contributed by atoms with Gasteiger partial charge in [-0.05, 0) is 61.9 Å². The first-order chi connectivity index (χ1) is 14.1. The van der Waals surface area contributed by atoms with Gasteiger partial charge in [0.25, 0.3) is 0 Å². The molecule has 1 fully saturated rings. The van der Waals surface area contributed by atoms with Crippen molar-refractivity contribution in [3.8, 4) is 0 Å². The van der Waals surface area contributed by atoms with E-state index < -0.39 is 5.60 Å². The number of benzene rings is 2. The molecular formula is C25H29N3O. The summed E-state index contributed by atoms with van der Waals surface area (Å²) < 4.78 is 0. The van der Waals surface area contributed by atoms with Gasteiger partial charge in [-0.1, -0.05) is 48.5 Å². The summed E-state index contributed by atoms with van der Waals surface area (Å²) in [4.78, 5) is 10.3. The quantitative estimate of drug-likeness (QED) is 0.648. The molecule has 0 spiro atoms. The molecule has 3 atom stereocenters. The Bertz CT molecular complexity index is 992. The van der Waals surface area contributed by atoms with Crippen molar-refractivity contribution in [2.24, 2.45) is 11.8 Å². The van der Waals surface area contributed by atoms with Crippen LogP contribution in [0.2, 0.25) is 0 Å². The van der Waals surface area contributed by atoms with E-state index in [9.17, 15) is 5.11 Å². The summed E-state index contributed by atoms with van der Waals surface area (Å²) in [7, 11) is 2.11. The molecule has 3 aliphatic carbocycles. The Labute approximate surface area is 172 Å². The molecule has 6 rings (SSSR count). The second-order valence-electron chi connectivity index (χ2n) is 8.86. The Morgan fingerprint density at radius 3 is 2.66 bits per heavy atom. The molecule has 1 saturated carbocycles. The topological polar surface area (TPSA) is 52.1 Å². The first-order valence-electron chi connectivity index (χ1n) is 10.7. The van der Waals surface area contributed by atoms with Crippen LogP contribution < -0.4 is 0 Å². The molecule has 4 heteroatoms. The van der Waals surface area contributed by atoms with Crippen molar-refractivity contribution < 1.29 is 5.11 Å². The van der Waals surface area contributed by atoms with Crippen molar-refractivity contribution in [1.82, 2.24) is 14.9 Å². The van der Waals surface area contributed by atoms with Crippen molar-refractivity contribution in [2.45, 2.75) is 37.8 Å². The van der Waals surface area contributed by atoms with E-state index in [0.29, 0.717) is 5.92 Å². The average Bonchev–Trinajstić information content (AvgIpc) is 3.15. The molecule has 2 unspecified atom stereocenters. The minimum absolute atomic E-state index is 0.266. The summed E-state index contributed by atoms with van der Waals surface area (Å²) >= 11 is 0. The molecule has 0 amide bonds. The van der Waals surface area contributed by atoms with Crippen LogP contribution in [0.25, 0.3) is 16.6 Å². The fraction of sp³-hybridized carbons (Fsp3) is 0.400. The minimum atomic E-state index is -0.580. The number of nitrogens with one attached hydrogen (secondary N) is 1. The number of aromatic nitrogens is 2. The number of fused-ring (bicyclic) bond motifs is 3. The van der Waals surface area contributed by atoms with Gasteiger partial charge in [0, 0.05) is 12.5 Å². The average molecular weight is 388 g/mol. The first kappa shape index (κ1) is 18.6. The van der Waals surface area contributed by atoms with Gasteiger partial charge in [0.15, 0.2) is 0 Å². The Hall–Kier alpha value is -2.43. The number of para-hydroxylation sites is 2. The molecule has 150 valence electrons. The standard InChI is InChI=1S/C25H29N3O/c1-28(17-24-26-22-9-5-6-10-23(22)27-24)14-13-25(29)16-19-11-12-20(25)15-21(19)18-7-3-2-4-8-18/h2-10,15,19-20,29H,11-14,16-17H2,1H3,(H,26,27)/t19-,20?,25?/m1/s1. The second-order valence-corrected chi connectivity index (χ2v) is 8.86. The maximum Gasteiger partial charge on any atom is 0.121 e. The van der Waals surface area contributed by atoms with E-state index in [0.717, 1.165) is 49.2 Å². The van der Waals surface area contributed by atoms with Gasteiger partial charge in [0.1, 0.15) is 5.82 Å². The third-order valence-electron chi connectivity index (χ3n) is 6.83. The van der Waals surface area contributed by atoms with Gasteiger partial charge in [-0.15, -0.1) is 0 Å². The van der Waals surface area contributed by atoms with E-state index in [1.54, 1.807) is 0 Å². The molecule has 0 aliphatic heterocycles. The summed E-state index contributed by atoms with van der Waals surface area (Å²) in [6, 6.07) is 18.8. The van der Waals surface area contributed by atoms with E-state index >= 15 is 0 Å². The summed E-state index contributed by atoms with van der Waals surface area (Å²) in [6.45, 7) is 1.63. The highest BCUT2D eigenvalue weighted by Gasteiger charge is 2.46. The number of hydrogen-bond acceptors (Lipinski definition) is 3. The fourth-order valence-corrected chi connectivity index (χ4v) is 5.24. The summed E-state index contributed by atoms with van der Waals surface area (Å²) in [5.41, 5.74) is 4.28. The van der Waals surface area contributed by atoms with Crippen LogP contribution in [0.4, 0.5) is 0 Å². The van der Waals surface area contributed by atoms with Gasteiger partial charge < -0.3 is 10.1 Å². The predicted octanol–water partition coefficient (Wildman–Crippen LogP) is 4.63. The van der Waals surface area contributed by atoms with Crippen molar-refractivity contribution >= 4 is 16.6 Å². The van der Waals surface area contributed by atoms with Crippen molar-refractivity contribution in [3.63, 3.8) is 0 Å².